The summed E-state index contributed by atoms with van der Waals surface area (Å²) in [5.74, 6) is 0.368. The molecule has 1 aromatic carbocycles. The Hall–Kier alpha value is -3.65. The van der Waals surface area contributed by atoms with E-state index in [2.05, 4.69) is 44.5 Å². The van der Waals surface area contributed by atoms with Gasteiger partial charge in [0.2, 0.25) is 5.88 Å². The average molecular weight is 461 g/mol. The second kappa shape index (κ2) is 11.0. The Labute approximate surface area is 200 Å². The van der Waals surface area contributed by atoms with E-state index < -0.39 is 0 Å². The second-order valence-electron chi connectivity index (χ2n) is 8.59. The summed E-state index contributed by atoms with van der Waals surface area (Å²) >= 11 is 0. The van der Waals surface area contributed by atoms with Crippen LogP contribution in [0.3, 0.4) is 0 Å². The van der Waals surface area contributed by atoms with Crippen LogP contribution in [0.15, 0.2) is 54.7 Å². The Morgan fingerprint density at radius 1 is 1.15 bits per heavy atom. The Morgan fingerprint density at radius 2 is 1.97 bits per heavy atom. The molecule has 3 aromatic rings. The van der Waals surface area contributed by atoms with Gasteiger partial charge >= 0.3 is 0 Å². The molecule has 0 aliphatic carbocycles. The van der Waals surface area contributed by atoms with Crippen molar-refractivity contribution in [1.29, 1.82) is 0 Å². The monoisotopic (exact) mass is 460 g/mol. The molecule has 1 aliphatic rings. The standard InChI is InChI=1S/C26H32N6O2/c1-2-34-26-24(28)21(27)15-23(31-26)25(33)30-16-18-9-12-32(13-10-18)17-19-6-5-7-20(14-19)22-8-3-4-11-29-22/h3-8,11,14-15,18H,2,9-10,12-13,16-17,28H2,1H3,(H2,27,31)(H,30,33). The van der Waals surface area contributed by atoms with E-state index >= 15 is 0 Å². The van der Waals surface area contributed by atoms with Gasteiger partial charge in [-0.3, -0.25) is 14.7 Å². The number of hydrogen-bond acceptors (Lipinski definition) is 7. The first-order valence-corrected chi connectivity index (χ1v) is 11.7. The maximum Gasteiger partial charge on any atom is 0.270 e. The number of rotatable bonds is 8. The largest absolute Gasteiger partial charge is 0.476 e. The van der Waals surface area contributed by atoms with E-state index in [4.69, 9.17) is 16.2 Å². The predicted octanol–water partition coefficient (Wildman–Crippen LogP) is 3.35. The number of aromatic nitrogens is 2. The second-order valence-corrected chi connectivity index (χ2v) is 8.59. The molecule has 1 amide bonds. The van der Waals surface area contributed by atoms with E-state index in [1.165, 1.54) is 11.6 Å². The summed E-state index contributed by atoms with van der Waals surface area (Å²) in [5, 5.41) is 3.00. The summed E-state index contributed by atoms with van der Waals surface area (Å²) in [7, 11) is 0. The van der Waals surface area contributed by atoms with Gasteiger partial charge in [-0.2, -0.15) is 0 Å². The fraction of sp³-hybridized carbons (Fsp3) is 0.346. The normalized spacial score (nSPS) is 14.6. The zero-order valence-corrected chi connectivity index (χ0v) is 19.5. The molecule has 0 saturated carbocycles. The van der Waals surface area contributed by atoms with Crippen molar-refractivity contribution in [2.75, 3.05) is 37.7 Å². The molecule has 1 aliphatic heterocycles. The molecular formula is C26H32N6O2. The van der Waals surface area contributed by atoms with Crippen LogP contribution in [0.2, 0.25) is 0 Å². The molecule has 0 radical (unpaired) electrons. The fourth-order valence-corrected chi connectivity index (χ4v) is 4.21. The molecule has 5 N–H and O–H groups in total. The third-order valence-corrected chi connectivity index (χ3v) is 6.12. The number of nitrogen functional groups attached to an aromatic ring is 2. The first kappa shape index (κ1) is 23.5. The van der Waals surface area contributed by atoms with Crippen LogP contribution in [0.1, 0.15) is 35.8 Å². The Morgan fingerprint density at radius 3 is 2.71 bits per heavy atom. The van der Waals surface area contributed by atoms with E-state index in [1.54, 1.807) is 0 Å². The van der Waals surface area contributed by atoms with Crippen molar-refractivity contribution in [3.05, 3.63) is 66.0 Å². The van der Waals surface area contributed by atoms with Gasteiger partial charge in [-0.1, -0.05) is 24.3 Å². The molecular weight excluding hydrogens is 428 g/mol. The zero-order valence-electron chi connectivity index (χ0n) is 19.5. The van der Waals surface area contributed by atoms with Crippen LogP contribution in [0.25, 0.3) is 11.3 Å². The minimum absolute atomic E-state index is 0.202. The van der Waals surface area contributed by atoms with Crippen LogP contribution in [0.5, 0.6) is 5.88 Å². The number of ether oxygens (including phenoxy) is 1. The van der Waals surface area contributed by atoms with Crippen LogP contribution in [-0.2, 0) is 6.54 Å². The number of pyridine rings is 2. The number of piperidine rings is 1. The molecule has 0 spiro atoms. The van der Waals surface area contributed by atoms with Gasteiger partial charge in [-0.15, -0.1) is 0 Å². The van der Waals surface area contributed by atoms with Gasteiger partial charge in [0, 0.05) is 24.8 Å². The first-order chi connectivity index (χ1) is 16.5. The maximum atomic E-state index is 12.6. The van der Waals surface area contributed by atoms with Crippen molar-refractivity contribution in [1.82, 2.24) is 20.2 Å². The number of nitrogens with two attached hydrogens (primary N) is 2. The Kier molecular flexibility index (Phi) is 7.59. The molecule has 8 nitrogen and oxygen atoms in total. The van der Waals surface area contributed by atoms with E-state index in [-0.39, 0.29) is 23.2 Å². The summed E-state index contributed by atoms with van der Waals surface area (Å²) in [4.78, 5) is 23.8. The van der Waals surface area contributed by atoms with E-state index in [1.807, 2.05) is 31.3 Å². The number of benzene rings is 1. The SMILES string of the molecule is CCOc1nc(C(=O)NCC2CCN(Cc3cccc(-c4ccccn4)c3)CC2)cc(N)c1N. The summed E-state index contributed by atoms with van der Waals surface area (Å²) in [5.41, 5.74) is 16.0. The highest BCUT2D eigenvalue weighted by Crippen LogP contribution is 2.26. The molecule has 0 unspecified atom stereocenters. The third kappa shape index (κ3) is 5.82. The molecule has 1 fully saturated rings. The van der Waals surface area contributed by atoms with Crippen molar-refractivity contribution < 1.29 is 9.53 Å². The minimum atomic E-state index is -0.263. The number of amides is 1. The van der Waals surface area contributed by atoms with E-state index in [0.29, 0.717) is 24.8 Å². The maximum absolute atomic E-state index is 12.6. The predicted molar refractivity (Wildman–Crippen MR) is 134 cm³/mol. The van der Waals surface area contributed by atoms with Crippen LogP contribution in [0.4, 0.5) is 11.4 Å². The van der Waals surface area contributed by atoms with Crippen molar-refractivity contribution >= 4 is 17.3 Å². The Balaban J connectivity index is 1.27. The molecule has 34 heavy (non-hydrogen) atoms. The highest BCUT2D eigenvalue weighted by molar-refractivity contribution is 5.94. The highest BCUT2D eigenvalue weighted by Gasteiger charge is 2.21. The molecule has 4 rings (SSSR count). The summed E-state index contributed by atoms with van der Waals surface area (Å²) in [6.07, 6.45) is 3.88. The minimum Gasteiger partial charge on any atom is -0.476 e. The molecule has 0 bridgehead atoms. The van der Waals surface area contributed by atoms with Crippen LogP contribution < -0.4 is 21.5 Å². The van der Waals surface area contributed by atoms with Crippen LogP contribution in [-0.4, -0.2) is 47.0 Å². The summed E-state index contributed by atoms with van der Waals surface area (Å²) < 4.78 is 5.39. The zero-order chi connectivity index (χ0) is 23.9. The quantitative estimate of drug-likeness (QED) is 0.471. The number of nitrogens with zero attached hydrogens (tertiary/aromatic N) is 3. The lowest BCUT2D eigenvalue weighted by molar-refractivity contribution is 0.0929. The average Bonchev–Trinajstić information content (AvgIpc) is 2.87. The van der Waals surface area contributed by atoms with Gasteiger partial charge in [-0.05, 0) is 68.6 Å². The smallest absolute Gasteiger partial charge is 0.270 e. The number of anilines is 2. The van der Waals surface area contributed by atoms with Crippen molar-refractivity contribution in [2.24, 2.45) is 5.92 Å². The molecule has 8 heteroatoms. The Bertz CT molecular complexity index is 1110. The summed E-state index contributed by atoms with van der Waals surface area (Å²) in [6.45, 7) is 5.74. The van der Waals surface area contributed by atoms with Gasteiger partial charge in [-0.25, -0.2) is 4.98 Å². The summed E-state index contributed by atoms with van der Waals surface area (Å²) in [6, 6.07) is 16.0. The van der Waals surface area contributed by atoms with Crippen molar-refractivity contribution in [3.8, 4) is 17.1 Å². The van der Waals surface area contributed by atoms with Crippen LogP contribution >= 0.6 is 0 Å². The molecule has 1 saturated heterocycles. The molecule has 3 heterocycles. The van der Waals surface area contributed by atoms with E-state index in [9.17, 15) is 4.79 Å². The number of likely N-dealkylation sites (tertiary alicyclic amines) is 1. The lowest BCUT2D eigenvalue weighted by atomic mass is 9.96. The molecule has 2 aromatic heterocycles. The van der Waals surface area contributed by atoms with Gasteiger partial charge in [0.05, 0.1) is 18.0 Å². The van der Waals surface area contributed by atoms with Crippen LogP contribution in [0, 0.1) is 5.92 Å². The number of carbonyl (C=O) groups excluding carboxylic acids is 1. The number of carbonyl (C=O) groups is 1. The van der Waals surface area contributed by atoms with Gasteiger partial charge in [0.15, 0.2) is 0 Å². The lowest BCUT2D eigenvalue weighted by Crippen LogP contribution is -2.38. The van der Waals surface area contributed by atoms with Crippen molar-refractivity contribution in [3.63, 3.8) is 0 Å². The first-order valence-electron chi connectivity index (χ1n) is 11.7. The highest BCUT2D eigenvalue weighted by atomic mass is 16.5. The topological polar surface area (TPSA) is 119 Å². The molecule has 0 atom stereocenters. The molecule has 178 valence electrons. The third-order valence-electron chi connectivity index (χ3n) is 6.12. The number of hydrogen-bond donors (Lipinski definition) is 3. The van der Waals surface area contributed by atoms with E-state index in [0.717, 1.165) is 43.7 Å². The lowest BCUT2D eigenvalue weighted by Gasteiger charge is -2.32. The van der Waals surface area contributed by atoms with Gasteiger partial charge in [0.25, 0.3) is 5.91 Å². The van der Waals surface area contributed by atoms with Gasteiger partial charge in [0.1, 0.15) is 11.4 Å². The van der Waals surface area contributed by atoms with Gasteiger partial charge < -0.3 is 21.5 Å². The van der Waals surface area contributed by atoms with Crippen molar-refractivity contribution in [2.45, 2.75) is 26.3 Å². The number of nitrogens with one attached hydrogen (secondary N) is 1. The fourth-order valence-electron chi connectivity index (χ4n) is 4.21.